The molecule has 0 saturated heterocycles. The van der Waals surface area contributed by atoms with Crippen LogP contribution in [-0.2, 0) is 22.6 Å². The number of rotatable bonds is 6. The third-order valence-corrected chi connectivity index (χ3v) is 9.04. The summed E-state index contributed by atoms with van der Waals surface area (Å²) in [6.07, 6.45) is 2.40. The van der Waals surface area contributed by atoms with Crippen molar-refractivity contribution >= 4 is 29.1 Å². The van der Waals surface area contributed by atoms with Gasteiger partial charge in [-0.3, -0.25) is 24.2 Å². The van der Waals surface area contributed by atoms with Crippen molar-refractivity contribution < 1.29 is 34.8 Å². The fourth-order valence-corrected chi connectivity index (χ4v) is 6.91. The molecule has 0 aliphatic heterocycles. The Morgan fingerprint density at radius 3 is 2.42 bits per heavy atom. The topological polar surface area (TPSA) is 165 Å². The lowest BCUT2D eigenvalue weighted by Crippen LogP contribution is -2.63. The van der Waals surface area contributed by atoms with E-state index in [-0.39, 0.29) is 29.7 Å². The van der Waals surface area contributed by atoms with E-state index in [4.69, 9.17) is 17.3 Å². The molecule has 10 nitrogen and oxygen atoms in total. The maximum atomic E-state index is 13.7. The fraction of sp³-hybridized carbons (Fsp3) is 0.519. The van der Waals surface area contributed by atoms with Crippen LogP contribution in [-0.4, -0.2) is 86.0 Å². The van der Waals surface area contributed by atoms with Crippen molar-refractivity contribution in [3.63, 3.8) is 0 Å². The highest BCUT2D eigenvalue weighted by Crippen LogP contribution is 2.53. The molecule has 1 fully saturated rings. The number of amides is 1. The van der Waals surface area contributed by atoms with Crippen LogP contribution in [0.5, 0.6) is 5.75 Å². The minimum atomic E-state index is -2.66. The van der Waals surface area contributed by atoms with Crippen molar-refractivity contribution in [2.45, 2.75) is 56.8 Å². The van der Waals surface area contributed by atoms with Gasteiger partial charge in [-0.25, -0.2) is 0 Å². The first kappa shape index (κ1) is 26.7. The molecule has 38 heavy (non-hydrogen) atoms. The number of aliphatic hydroxyl groups excluding tert-OH is 2. The number of ketones is 2. The summed E-state index contributed by atoms with van der Waals surface area (Å²) in [6.45, 7) is 3.38. The van der Waals surface area contributed by atoms with Crippen LogP contribution < -0.4 is 5.73 Å². The number of fused-ring (bicyclic) bond motifs is 3. The number of nitrogens with zero attached hydrogens (tertiary/aromatic N) is 2. The van der Waals surface area contributed by atoms with E-state index in [9.17, 15) is 34.8 Å². The molecule has 0 bridgehead atoms. The largest absolute Gasteiger partial charge is 0.510 e. The van der Waals surface area contributed by atoms with Gasteiger partial charge >= 0.3 is 0 Å². The third kappa shape index (κ3) is 3.69. The van der Waals surface area contributed by atoms with E-state index in [0.717, 1.165) is 19.4 Å². The molecule has 1 aromatic carbocycles. The maximum absolute atomic E-state index is 13.7. The van der Waals surface area contributed by atoms with E-state index in [1.54, 1.807) is 14.1 Å². The van der Waals surface area contributed by atoms with E-state index >= 15 is 0 Å². The predicted molar refractivity (Wildman–Crippen MR) is 138 cm³/mol. The van der Waals surface area contributed by atoms with Gasteiger partial charge in [-0.2, -0.15) is 0 Å². The van der Waals surface area contributed by atoms with Crippen molar-refractivity contribution in [3.8, 4) is 5.75 Å². The highest BCUT2D eigenvalue weighted by molar-refractivity contribution is 6.33. The molecular formula is C27H32ClN3O7. The second-order valence-electron chi connectivity index (χ2n) is 11.0. The number of carbonyl (C=O) groups is 3. The van der Waals surface area contributed by atoms with Gasteiger partial charge in [0.05, 0.1) is 11.6 Å². The molecule has 1 aromatic rings. The lowest BCUT2D eigenvalue weighted by Gasteiger charge is -2.50. The molecule has 6 N–H and O–H groups in total. The predicted octanol–water partition coefficient (Wildman–Crippen LogP) is 1.76. The molecule has 204 valence electrons. The number of likely N-dealkylation sites (N-methyl/N-ethyl adjacent to an activating group) is 1. The second kappa shape index (κ2) is 9.08. The zero-order valence-corrected chi connectivity index (χ0v) is 22.2. The van der Waals surface area contributed by atoms with E-state index in [1.165, 1.54) is 11.0 Å². The highest BCUT2D eigenvalue weighted by Gasteiger charge is 2.63. The number of phenolic OH excluding ortho intramolecular Hbond substituents is 1. The molecule has 0 aromatic heterocycles. The van der Waals surface area contributed by atoms with Crippen LogP contribution >= 0.6 is 11.6 Å². The van der Waals surface area contributed by atoms with Crippen molar-refractivity contribution in [1.29, 1.82) is 0 Å². The van der Waals surface area contributed by atoms with Crippen LogP contribution in [0.25, 0.3) is 0 Å². The van der Waals surface area contributed by atoms with Crippen LogP contribution in [0.2, 0.25) is 5.02 Å². The number of nitrogens with two attached hydrogens (primary N) is 1. The molecule has 4 atom stereocenters. The van der Waals surface area contributed by atoms with E-state index in [2.05, 4.69) is 11.8 Å². The highest BCUT2D eigenvalue weighted by atomic mass is 35.5. The number of aliphatic hydroxyl groups is 3. The number of allylic oxidation sites excluding steroid dienone is 1. The monoisotopic (exact) mass is 545 g/mol. The molecule has 0 unspecified atom stereocenters. The minimum Gasteiger partial charge on any atom is -0.510 e. The van der Waals surface area contributed by atoms with Gasteiger partial charge < -0.3 is 26.2 Å². The molecule has 11 heteroatoms. The van der Waals surface area contributed by atoms with Crippen molar-refractivity contribution in [3.05, 3.63) is 50.4 Å². The first-order chi connectivity index (χ1) is 17.8. The molecule has 5 rings (SSSR count). The van der Waals surface area contributed by atoms with Crippen LogP contribution in [0, 0.1) is 11.8 Å². The van der Waals surface area contributed by atoms with Gasteiger partial charge in [0, 0.05) is 29.1 Å². The number of aromatic hydroxyl groups is 1. The number of primary amides is 1. The summed E-state index contributed by atoms with van der Waals surface area (Å²) in [5.41, 5.74) is 2.74. The van der Waals surface area contributed by atoms with Gasteiger partial charge in [-0.15, -0.1) is 0 Å². The van der Waals surface area contributed by atoms with Crippen LogP contribution in [0.15, 0.2) is 28.7 Å². The van der Waals surface area contributed by atoms with E-state index < -0.39 is 58.0 Å². The summed E-state index contributed by atoms with van der Waals surface area (Å²) >= 11 is 6.82. The Hall–Kier alpha value is -2.92. The lowest BCUT2D eigenvalue weighted by molar-refractivity contribution is -0.148. The Balaban J connectivity index is 1.64. The Kier molecular flexibility index (Phi) is 6.38. The number of benzene rings is 1. The maximum Gasteiger partial charge on any atom is 0.255 e. The Morgan fingerprint density at radius 2 is 1.87 bits per heavy atom. The van der Waals surface area contributed by atoms with Crippen molar-refractivity contribution in [2.75, 3.05) is 20.6 Å². The zero-order valence-electron chi connectivity index (χ0n) is 21.5. The molecule has 0 radical (unpaired) electrons. The van der Waals surface area contributed by atoms with Gasteiger partial charge in [0.15, 0.2) is 11.4 Å². The van der Waals surface area contributed by atoms with Crippen LogP contribution in [0.3, 0.4) is 0 Å². The molecule has 4 aliphatic carbocycles. The molecular weight excluding hydrogens is 514 g/mol. The van der Waals surface area contributed by atoms with Gasteiger partial charge in [-0.1, -0.05) is 18.5 Å². The number of halogens is 1. The van der Waals surface area contributed by atoms with Crippen LogP contribution in [0.4, 0.5) is 0 Å². The zero-order chi connectivity index (χ0) is 27.8. The Bertz CT molecular complexity index is 1330. The average Bonchev–Trinajstić information content (AvgIpc) is 3.67. The van der Waals surface area contributed by atoms with E-state index in [1.807, 2.05) is 0 Å². The van der Waals surface area contributed by atoms with Gasteiger partial charge in [-0.05, 0) is 69.4 Å². The summed E-state index contributed by atoms with van der Waals surface area (Å²) in [4.78, 5) is 42.9. The molecule has 1 saturated carbocycles. The van der Waals surface area contributed by atoms with Crippen LogP contribution in [0.1, 0.15) is 47.7 Å². The van der Waals surface area contributed by atoms with Crippen molar-refractivity contribution in [2.24, 2.45) is 17.6 Å². The third-order valence-electron chi connectivity index (χ3n) is 8.57. The number of phenols is 1. The second-order valence-corrected chi connectivity index (χ2v) is 11.4. The van der Waals surface area contributed by atoms with E-state index in [0.29, 0.717) is 28.7 Å². The molecule has 0 spiro atoms. The van der Waals surface area contributed by atoms with Gasteiger partial charge in [0.2, 0.25) is 5.78 Å². The van der Waals surface area contributed by atoms with Gasteiger partial charge in [0.25, 0.3) is 5.91 Å². The van der Waals surface area contributed by atoms with Crippen molar-refractivity contribution in [1.82, 2.24) is 9.80 Å². The summed E-state index contributed by atoms with van der Waals surface area (Å²) in [7, 11) is 3.18. The average molecular weight is 546 g/mol. The first-order valence-electron chi connectivity index (χ1n) is 12.8. The van der Waals surface area contributed by atoms with Gasteiger partial charge in [0.1, 0.15) is 22.8 Å². The number of Topliss-reactive ketones (excluding diaryl/α,β-unsaturated/α-hetero) is 2. The smallest absolute Gasteiger partial charge is 0.255 e. The molecule has 1 amide bonds. The number of hydrogen-bond donors (Lipinski definition) is 5. The standard InChI is InChI=1S/C27H32ClN3O7/c1-4-31(13-5-6-13)10-12-9-16(32)18-14(20(12)28)7-11-8-15-21(30(2)3)23(34)19(26(29)37)25(36)27(15,38)24(35)17(11)22(18)33/h9,11,13,15,21,32,34-35,38H,4-8,10H2,1-3H3,(H2,29,37)/t11-,15-,21-,27-/m0/s1. The minimum absolute atomic E-state index is 0.0240. The number of hydrogen-bond acceptors (Lipinski definition) is 9. The first-order valence-corrected chi connectivity index (χ1v) is 13.1. The summed E-state index contributed by atoms with van der Waals surface area (Å²) in [5, 5.41) is 45.1. The summed E-state index contributed by atoms with van der Waals surface area (Å²) < 4.78 is 0. The molecule has 0 heterocycles. The summed E-state index contributed by atoms with van der Waals surface area (Å²) in [5.74, 6) is -6.76. The quantitative estimate of drug-likeness (QED) is 0.335. The Morgan fingerprint density at radius 1 is 1.21 bits per heavy atom. The number of carbonyl (C=O) groups excluding carboxylic acids is 3. The SMILES string of the molecule is CCN(Cc1cc(O)c2c(c1Cl)C[C@H]1C[C@H]3[C@H](N(C)C)C(O)=C(C(N)=O)C(=O)[C@@]3(O)C(O)=C1C2=O)C1CC1. The molecule has 4 aliphatic rings. The lowest BCUT2D eigenvalue weighted by atomic mass is 9.58. The summed E-state index contributed by atoms with van der Waals surface area (Å²) in [6, 6.07) is 0.894. The normalized spacial score (nSPS) is 29.1. The fourth-order valence-electron chi connectivity index (χ4n) is 6.63. The Labute approximate surface area is 225 Å².